The largest absolute Gasteiger partial charge is 0.352 e. The third kappa shape index (κ3) is 0.805. The van der Waals surface area contributed by atoms with Crippen LogP contribution in [-0.2, 0) is 4.79 Å². The summed E-state index contributed by atoms with van der Waals surface area (Å²) in [5.41, 5.74) is -0.0434. The Hall–Kier alpha value is -0.570. The van der Waals surface area contributed by atoms with E-state index in [9.17, 15) is 4.79 Å². The first-order valence-electron chi connectivity index (χ1n) is 4.27. The number of hydrogen-bond donors (Lipinski definition) is 2. The van der Waals surface area contributed by atoms with Crippen molar-refractivity contribution in [3.63, 3.8) is 0 Å². The van der Waals surface area contributed by atoms with E-state index in [1.165, 1.54) is 0 Å². The Morgan fingerprint density at radius 3 is 2.82 bits per heavy atom. The molecule has 0 aromatic heterocycles. The summed E-state index contributed by atoms with van der Waals surface area (Å²) in [4.78, 5) is 11.3. The minimum absolute atomic E-state index is 0.0434. The average molecular weight is 154 g/mol. The van der Waals surface area contributed by atoms with Gasteiger partial charge in [0, 0.05) is 12.6 Å². The van der Waals surface area contributed by atoms with E-state index in [1.807, 2.05) is 0 Å². The van der Waals surface area contributed by atoms with Gasteiger partial charge in [0.05, 0.1) is 5.41 Å². The zero-order valence-corrected chi connectivity index (χ0v) is 6.81. The number of carbonyl (C=O) groups is 1. The van der Waals surface area contributed by atoms with Gasteiger partial charge in [-0.25, -0.2) is 0 Å². The van der Waals surface area contributed by atoms with Gasteiger partial charge in [-0.1, -0.05) is 0 Å². The van der Waals surface area contributed by atoms with Crippen LogP contribution in [0.3, 0.4) is 0 Å². The molecule has 0 bridgehead atoms. The molecule has 1 spiro atoms. The van der Waals surface area contributed by atoms with Crippen molar-refractivity contribution in [1.29, 1.82) is 0 Å². The van der Waals surface area contributed by atoms with Crippen molar-refractivity contribution in [3.8, 4) is 0 Å². The molecule has 2 heterocycles. The first kappa shape index (κ1) is 7.10. The van der Waals surface area contributed by atoms with Gasteiger partial charge in [-0.05, 0) is 26.3 Å². The van der Waals surface area contributed by atoms with Gasteiger partial charge in [0.25, 0.3) is 0 Å². The number of rotatable bonds is 0. The molecule has 2 saturated heterocycles. The molecule has 0 saturated carbocycles. The number of hydrogen-bond acceptors (Lipinski definition) is 2. The van der Waals surface area contributed by atoms with E-state index in [0.717, 1.165) is 25.9 Å². The van der Waals surface area contributed by atoms with Gasteiger partial charge in [0.15, 0.2) is 0 Å². The zero-order valence-electron chi connectivity index (χ0n) is 6.81. The van der Waals surface area contributed by atoms with Gasteiger partial charge in [-0.3, -0.25) is 4.79 Å². The molecule has 3 nitrogen and oxygen atoms in total. The van der Waals surface area contributed by atoms with Crippen LogP contribution in [0.4, 0.5) is 0 Å². The molecule has 2 atom stereocenters. The summed E-state index contributed by atoms with van der Waals surface area (Å²) in [6.07, 6.45) is 2.20. The molecule has 3 heteroatoms. The molecule has 0 aromatic rings. The third-order valence-corrected chi connectivity index (χ3v) is 3.05. The molecule has 0 aliphatic carbocycles. The van der Waals surface area contributed by atoms with E-state index < -0.39 is 0 Å². The Morgan fingerprint density at radius 2 is 2.45 bits per heavy atom. The summed E-state index contributed by atoms with van der Waals surface area (Å²) in [5, 5.41) is 6.16. The Kier molecular flexibility index (Phi) is 1.42. The number of nitrogens with one attached hydrogen (secondary N) is 2. The Labute approximate surface area is 66.5 Å². The number of piperidine rings is 1. The molecule has 2 fully saturated rings. The van der Waals surface area contributed by atoms with Crippen molar-refractivity contribution in [1.82, 2.24) is 10.6 Å². The lowest BCUT2D eigenvalue weighted by Gasteiger charge is -2.49. The van der Waals surface area contributed by atoms with Crippen molar-refractivity contribution in [2.75, 3.05) is 13.1 Å². The molecule has 1 amide bonds. The van der Waals surface area contributed by atoms with Crippen molar-refractivity contribution in [2.24, 2.45) is 5.41 Å². The van der Waals surface area contributed by atoms with E-state index in [-0.39, 0.29) is 11.3 Å². The van der Waals surface area contributed by atoms with Crippen LogP contribution in [0.25, 0.3) is 0 Å². The number of amides is 1. The maximum Gasteiger partial charge on any atom is 0.229 e. The van der Waals surface area contributed by atoms with E-state index in [0.29, 0.717) is 6.04 Å². The highest BCUT2D eigenvalue weighted by Crippen LogP contribution is 2.36. The molecule has 2 unspecified atom stereocenters. The summed E-state index contributed by atoms with van der Waals surface area (Å²) in [6, 6.07) is 0.378. The number of β-lactam (4-membered cyclic amide) rings is 1. The Balaban J connectivity index is 2.12. The first-order valence-corrected chi connectivity index (χ1v) is 4.27. The molecule has 2 aliphatic heterocycles. The molecule has 0 radical (unpaired) electrons. The van der Waals surface area contributed by atoms with Crippen LogP contribution in [0.15, 0.2) is 0 Å². The quantitative estimate of drug-likeness (QED) is 0.477. The third-order valence-electron chi connectivity index (χ3n) is 3.05. The molecular formula is C8H14N2O. The highest BCUT2D eigenvalue weighted by Gasteiger charge is 2.52. The predicted molar refractivity (Wildman–Crippen MR) is 42.1 cm³/mol. The molecule has 2 N–H and O–H groups in total. The maximum absolute atomic E-state index is 11.3. The van der Waals surface area contributed by atoms with Gasteiger partial charge >= 0.3 is 0 Å². The van der Waals surface area contributed by atoms with Crippen LogP contribution in [0.2, 0.25) is 0 Å². The van der Waals surface area contributed by atoms with Crippen LogP contribution in [0.5, 0.6) is 0 Å². The Bertz CT molecular complexity index is 185. The van der Waals surface area contributed by atoms with Gasteiger partial charge < -0.3 is 10.6 Å². The second-order valence-corrected chi connectivity index (χ2v) is 3.63. The minimum atomic E-state index is -0.0434. The van der Waals surface area contributed by atoms with Crippen molar-refractivity contribution in [2.45, 2.75) is 25.8 Å². The molecule has 0 aromatic carbocycles. The predicted octanol–water partition coefficient (Wildman–Crippen LogP) is -0.125. The fraction of sp³-hybridized carbons (Fsp3) is 0.875. The van der Waals surface area contributed by atoms with E-state index in [1.54, 1.807) is 0 Å². The molecule has 2 rings (SSSR count). The highest BCUT2D eigenvalue weighted by atomic mass is 16.2. The standard InChI is InChI=1S/C8H14N2O/c1-6-8(7(11)10-6)3-2-4-9-5-8/h6,9H,2-5H2,1H3,(H,10,11). The van der Waals surface area contributed by atoms with E-state index in [4.69, 9.17) is 0 Å². The molecule has 11 heavy (non-hydrogen) atoms. The lowest BCUT2D eigenvalue weighted by Crippen LogP contribution is -2.70. The fourth-order valence-electron chi connectivity index (χ4n) is 2.09. The zero-order chi connectivity index (χ0) is 7.90. The second kappa shape index (κ2) is 2.21. The second-order valence-electron chi connectivity index (χ2n) is 3.63. The van der Waals surface area contributed by atoms with Crippen molar-refractivity contribution < 1.29 is 4.79 Å². The minimum Gasteiger partial charge on any atom is -0.352 e. The monoisotopic (exact) mass is 154 g/mol. The van der Waals surface area contributed by atoms with Crippen LogP contribution in [-0.4, -0.2) is 25.0 Å². The van der Waals surface area contributed by atoms with Crippen molar-refractivity contribution in [3.05, 3.63) is 0 Å². The summed E-state index contributed by atoms with van der Waals surface area (Å²) >= 11 is 0. The van der Waals surface area contributed by atoms with Crippen LogP contribution >= 0.6 is 0 Å². The SMILES string of the molecule is CC1NC(=O)C12CCCNC2. The van der Waals surface area contributed by atoms with E-state index >= 15 is 0 Å². The summed E-state index contributed by atoms with van der Waals surface area (Å²) < 4.78 is 0. The topological polar surface area (TPSA) is 41.1 Å². The van der Waals surface area contributed by atoms with Gasteiger partial charge in [0.2, 0.25) is 5.91 Å². The summed E-state index contributed by atoms with van der Waals surface area (Å²) in [6.45, 7) is 4.04. The highest BCUT2D eigenvalue weighted by molar-refractivity contribution is 5.90. The van der Waals surface area contributed by atoms with E-state index in [2.05, 4.69) is 17.6 Å². The van der Waals surface area contributed by atoms with Gasteiger partial charge in [-0.15, -0.1) is 0 Å². The van der Waals surface area contributed by atoms with Gasteiger partial charge in [0.1, 0.15) is 0 Å². The normalized spacial score (nSPS) is 43.4. The van der Waals surface area contributed by atoms with Crippen LogP contribution in [0, 0.1) is 5.41 Å². The van der Waals surface area contributed by atoms with Crippen LogP contribution in [0.1, 0.15) is 19.8 Å². The fourth-order valence-corrected chi connectivity index (χ4v) is 2.09. The Morgan fingerprint density at radius 1 is 1.64 bits per heavy atom. The lowest BCUT2D eigenvalue weighted by atomic mass is 9.68. The molecule has 2 aliphatic rings. The number of carbonyl (C=O) groups excluding carboxylic acids is 1. The summed E-state index contributed by atoms with van der Waals surface area (Å²) in [7, 11) is 0. The first-order chi connectivity index (χ1) is 5.26. The maximum atomic E-state index is 11.3. The molecular weight excluding hydrogens is 140 g/mol. The van der Waals surface area contributed by atoms with Crippen LogP contribution < -0.4 is 10.6 Å². The smallest absolute Gasteiger partial charge is 0.229 e. The molecule has 62 valence electrons. The lowest BCUT2D eigenvalue weighted by molar-refractivity contribution is -0.146. The van der Waals surface area contributed by atoms with Gasteiger partial charge in [-0.2, -0.15) is 0 Å². The average Bonchev–Trinajstić information content (AvgIpc) is 2.07. The van der Waals surface area contributed by atoms with Crippen molar-refractivity contribution >= 4 is 5.91 Å². The summed E-state index contributed by atoms with van der Waals surface area (Å²) in [5.74, 6) is 0.247.